The fraction of sp³-hybridized carbons (Fsp3) is 0.500. The summed E-state index contributed by atoms with van der Waals surface area (Å²) in [6.07, 6.45) is 4.94. The van der Waals surface area contributed by atoms with E-state index >= 15 is 0 Å². The van der Waals surface area contributed by atoms with Crippen LogP contribution in [0, 0.1) is 0 Å². The molecule has 0 aliphatic carbocycles. The van der Waals surface area contributed by atoms with Gasteiger partial charge in [0.15, 0.2) is 0 Å². The zero-order valence-electron chi connectivity index (χ0n) is 9.15. The minimum atomic E-state index is -0.564. The lowest BCUT2D eigenvalue weighted by Crippen LogP contribution is -2.30. The van der Waals surface area contributed by atoms with Crippen LogP contribution in [0.3, 0.4) is 0 Å². The number of allylic oxidation sites excluding steroid dienone is 1. The molecule has 0 bridgehead atoms. The van der Waals surface area contributed by atoms with Crippen LogP contribution in [0.5, 0.6) is 0 Å². The summed E-state index contributed by atoms with van der Waals surface area (Å²) >= 11 is 0. The summed E-state index contributed by atoms with van der Waals surface area (Å²) in [5, 5.41) is 13.0. The highest BCUT2D eigenvalue weighted by Crippen LogP contribution is 2.12. The SMILES string of the molecule is C=CCCC(C)NCC(O)c1ccco1. The van der Waals surface area contributed by atoms with Crippen LogP contribution < -0.4 is 5.32 Å². The monoisotopic (exact) mass is 209 g/mol. The second kappa shape index (κ2) is 6.43. The molecular formula is C12H19NO2. The average molecular weight is 209 g/mol. The number of nitrogens with one attached hydrogen (secondary N) is 1. The molecule has 0 radical (unpaired) electrons. The Kier molecular flexibility index (Phi) is 5.15. The maximum Gasteiger partial charge on any atom is 0.133 e. The Labute approximate surface area is 90.8 Å². The Balaban J connectivity index is 2.22. The molecule has 15 heavy (non-hydrogen) atoms. The zero-order valence-corrected chi connectivity index (χ0v) is 9.15. The van der Waals surface area contributed by atoms with Crippen molar-refractivity contribution in [2.45, 2.75) is 31.9 Å². The van der Waals surface area contributed by atoms with Crippen molar-refractivity contribution in [1.82, 2.24) is 5.32 Å². The summed E-state index contributed by atoms with van der Waals surface area (Å²) in [6, 6.07) is 3.94. The van der Waals surface area contributed by atoms with E-state index in [1.165, 1.54) is 0 Å². The molecule has 0 aliphatic rings. The van der Waals surface area contributed by atoms with Crippen molar-refractivity contribution >= 4 is 0 Å². The standard InChI is InChI=1S/C12H19NO2/c1-3-4-6-10(2)13-9-11(14)12-7-5-8-15-12/h3,5,7-8,10-11,13-14H,1,4,6,9H2,2H3. The number of aliphatic hydroxyl groups is 1. The smallest absolute Gasteiger partial charge is 0.133 e. The minimum Gasteiger partial charge on any atom is -0.467 e. The molecule has 1 aromatic heterocycles. The third-order valence-corrected chi connectivity index (χ3v) is 2.34. The van der Waals surface area contributed by atoms with Gasteiger partial charge in [-0.3, -0.25) is 0 Å². The van der Waals surface area contributed by atoms with Crippen LogP contribution in [-0.4, -0.2) is 17.7 Å². The number of aliphatic hydroxyl groups excluding tert-OH is 1. The Morgan fingerprint density at radius 3 is 3.07 bits per heavy atom. The van der Waals surface area contributed by atoms with Gasteiger partial charge in [0.2, 0.25) is 0 Å². The Bertz CT molecular complexity index is 269. The van der Waals surface area contributed by atoms with E-state index in [9.17, 15) is 5.11 Å². The maximum absolute atomic E-state index is 9.71. The van der Waals surface area contributed by atoms with Crippen molar-refractivity contribution in [1.29, 1.82) is 0 Å². The molecule has 1 heterocycles. The molecule has 3 nitrogen and oxygen atoms in total. The van der Waals surface area contributed by atoms with E-state index in [-0.39, 0.29) is 0 Å². The Hall–Kier alpha value is -1.06. The Morgan fingerprint density at radius 1 is 1.67 bits per heavy atom. The van der Waals surface area contributed by atoms with Crippen molar-refractivity contribution in [2.24, 2.45) is 0 Å². The van der Waals surface area contributed by atoms with E-state index in [1.807, 2.05) is 6.08 Å². The van der Waals surface area contributed by atoms with Crippen molar-refractivity contribution in [2.75, 3.05) is 6.54 Å². The van der Waals surface area contributed by atoms with Crippen LogP contribution >= 0.6 is 0 Å². The molecule has 0 fully saturated rings. The summed E-state index contributed by atoms with van der Waals surface area (Å²) in [5.41, 5.74) is 0. The van der Waals surface area contributed by atoms with E-state index in [0.29, 0.717) is 18.3 Å². The molecule has 2 N–H and O–H groups in total. The first-order chi connectivity index (χ1) is 7.24. The molecule has 84 valence electrons. The first kappa shape index (κ1) is 12.0. The van der Waals surface area contributed by atoms with Gasteiger partial charge in [0, 0.05) is 12.6 Å². The van der Waals surface area contributed by atoms with E-state index in [2.05, 4.69) is 18.8 Å². The molecule has 0 saturated carbocycles. The van der Waals surface area contributed by atoms with Crippen molar-refractivity contribution in [3.05, 3.63) is 36.8 Å². The normalized spacial score (nSPS) is 14.8. The number of hydrogen-bond acceptors (Lipinski definition) is 3. The lowest BCUT2D eigenvalue weighted by molar-refractivity contribution is 0.143. The highest BCUT2D eigenvalue weighted by molar-refractivity contribution is 5.02. The average Bonchev–Trinajstić information content (AvgIpc) is 2.76. The van der Waals surface area contributed by atoms with Gasteiger partial charge in [-0.1, -0.05) is 6.08 Å². The second-order valence-corrected chi connectivity index (χ2v) is 3.71. The molecule has 1 rings (SSSR count). The van der Waals surface area contributed by atoms with Gasteiger partial charge in [0.1, 0.15) is 11.9 Å². The predicted octanol–water partition coefficient (Wildman–Crippen LogP) is 2.26. The number of rotatable bonds is 7. The van der Waals surface area contributed by atoms with Crippen LogP contribution in [-0.2, 0) is 0 Å². The number of furan rings is 1. The van der Waals surface area contributed by atoms with Crippen molar-refractivity contribution < 1.29 is 9.52 Å². The third kappa shape index (κ3) is 4.32. The van der Waals surface area contributed by atoms with E-state index in [4.69, 9.17) is 4.42 Å². The minimum absolute atomic E-state index is 0.382. The van der Waals surface area contributed by atoms with Crippen LogP contribution in [0.15, 0.2) is 35.5 Å². The van der Waals surface area contributed by atoms with Gasteiger partial charge in [0.05, 0.1) is 6.26 Å². The van der Waals surface area contributed by atoms with Gasteiger partial charge >= 0.3 is 0 Å². The zero-order chi connectivity index (χ0) is 11.1. The van der Waals surface area contributed by atoms with Gasteiger partial charge in [-0.15, -0.1) is 6.58 Å². The predicted molar refractivity (Wildman–Crippen MR) is 60.6 cm³/mol. The molecule has 1 aromatic rings. The first-order valence-corrected chi connectivity index (χ1v) is 5.29. The molecule has 2 unspecified atom stereocenters. The van der Waals surface area contributed by atoms with Crippen LogP contribution in [0.1, 0.15) is 31.6 Å². The third-order valence-electron chi connectivity index (χ3n) is 2.34. The summed E-state index contributed by atoms with van der Waals surface area (Å²) in [4.78, 5) is 0. The topological polar surface area (TPSA) is 45.4 Å². The molecule has 0 spiro atoms. The molecular weight excluding hydrogens is 190 g/mol. The maximum atomic E-state index is 9.71. The second-order valence-electron chi connectivity index (χ2n) is 3.71. The van der Waals surface area contributed by atoms with E-state index in [0.717, 1.165) is 12.8 Å². The lowest BCUT2D eigenvalue weighted by Gasteiger charge is -2.15. The van der Waals surface area contributed by atoms with E-state index in [1.54, 1.807) is 18.4 Å². The van der Waals surface area contributed by atoms with Crippen LogP contribution in [0.2, 0.25) is 0 Å². The van der Waals surface area contributed by atoms with Crippen molar-refractivity contribution in [3.8, 4) is 0 Å². The van der Waals surface area contributed by atoms with Gasteiger partial charge in [-0.05, 0) is 31.9 Å². The fourth-order valence-electron chi connectivity index (χ4n) is 1.36. The summed E-state index contributed by atoms with van der Waals surface area (Å²) < 4.78 is 5.10. The highest BCUT2D eigenvalue weighted by atomic mass is 16.4. The quantitative estimate of drug-likeness (QED) is 0.677. The molecule has 0 saturated heterocycles. The summed E-state index contributed by atoms with van der Waals surface area (Å²) in [7, 11) is 0. The van der Waals surface area contributed by atoms with Crippen LogP contribution in [0.25, 0.3) is 0 Å². The van der Waals surface area contributed by atoms with Gasteiger partial charge in [-0.25, -0.2) is 0 Å². The van der Waals surface area contributed by atoms with Crippen molar-refractivity contribution in [3.63, 3.8) is 0 Å². The lowest BCUT2D eigenvalue weighted by atomic mass is 10.1. The largest absolute Gasteiger partial charge is 0.467 e. The summed E-state index contributed by atoms with van der Waals surface area (Å²) in [6.45, 7) is 6.29. The van der Waals surface area contributed by atoms with Gasteiger partial charge < -0.3 is 14.8 Å². The molecule has 2 atom stereocenters. The molecule has 0 amide bonds. The highest BCUT2D eigenvalue weighted by Gasteiger charge is 2.10. The fourth-order valence-corrected chi connectivity index (χ4v) is 1.36. The van der Waals surface area contributed by atoms with Gasteiger partial charge in [0.25, 0.3) is 0 Å². The van der Waals surface area contributed by atoms with E-state index < -0.39 is 6.10 Å². The van der Waals surface area contributed by atoms with Crippen LogP contribution in [0.4, 0.5) is 0 Å². The van der Waals surface area contributed by atoms with Gasteiger partial charge in [-0.2, -0.15) is 0 Å². The molecule has 0 aromatic carbocycles. The molecule has 3 heteroatoms. The Morgan fingerprint density at radius 2 is 2.47 bits per heavy atom. The molecule has 0 aliphatic heterocycles. The summed E-state index contributed by atoms with van der Waals surface area (Å²) in [5.74, 6) is 0.610. The first-order valence-electron chi connectivity index (χ1n) is 5.29. The number of hydrogen-bond donors (Lipinski definition) is 2.